The van der Waals surface area contributed by atoms with Crippen LogP contribution in [0.5, 0.6) is 0 Å². The monoisotopic (exact) mass is 189 g/mol. The molecule has 0 saturated carbocycles. The summed E-state index contributed by atoms with van der Waals surface area (Å²) < 4.78 is 4.88. The van der Waals surface area contributed by atoms with Gasteiger partial charge in [-0.05, 0) is 13.0 Å². The van der Waals surface area contributed by atoms with Crippen LogP contribution in [0.2, 0.25) is 5.02 Å². The van der Waals surface area contributed by atoms with Crippen molar-refractivity contribution < 1.29 is 4.18 Å². The van der Waals surface area contributed by atoms with E-state index in [2.05, 4.69) is 4.98 Å². The minimum absolute atomic E-state index is 0.634. The topological polar surface area (TPSA) is 22.1 Å². The zero-order chi connectivity index (χ0) is 8.27. The van der Waals surface area contributed by atoms with E-state index in [1.807, 2.05) is 13.0 Å². The van der Waals surface area contributed by atoms with Gasteiger partial charge in [0, 0.05) is 18.2 Å². The maximum absolute atomic E-state index is 5.72. The van der Waals surface area contributed by atoms with E-state index in [1.54, 1.807) is 13.3 Å². The van der Waals surface area contributed by atoms with Crippen LogP contribution >= 0.6 is 23.6 Å². The highest BCUT2D eigenvalue weighted by Gasteiger charge is 2.00. The zero-order valence-corrected chi connectivity index (χ0v) is 7.87. The first-order valence-corrected chi connectivity index (χ1v) is 4.19. The predicted molar refractivity (Wildman–Crippen MR) is 46.9 cm³/mol. The summed E-state index contributed by atoms with van der Waals surface area (Å²) in [4.78, 5) is 5.02. The van der Waals surface area contributed by atoms with E-state index in [9.17, 15) is 0 Å². The van der Waals surface area contributed by atoms with Gasteiger partial charge in [-0.25, -0.2) is 0 Å². The molecule has 1 aromatic rings. The van der Waals surface area contributed by atoms with Crippen molar-refractivity contribution in [3.8, 4) is 0 Å². The van der Waals surface area contributed by atoms with Crippen LogP contribution in [-0.4, -0.2) is 12.1 Å². The number of hydrogen-bond acceptors (Lipinski definition) is 3. The second kappa shape index (κ2) is 3.95. The average molecular weight is 190 g/mol. The van der Waals surface area contributed by atoms with Gasteiger partial charge >= 0.3 is 0 Å². The van der Waals surface area contributed by atoms with E-state index in [0.29, 0.717) is 5.02 Å². The molecule has 0 aliphatic heterocycles. The molecule has 1 rings (SSSR count). The fourth-order valence-electron chi connectivity index (χ4n) is 0.663. The minimum Gasteiger partial charge on any atom is -0.314 e. The first kappa shape index (κ1) is 8.84. The first-order chi connectivity index (χ1) is 5.24. The Hall–Kier alpha value is -0.250. The summed E-state index contributed by atoms with van der Waals surface area (Å²) in [5.41, 5.74) is 0.932. The molecule has 60 valence electrons. The standard InChI is InChI=1S/C7H8ClNOS/c1-5-7(11-10-2)3-6(8)4-9-5/h3-4H,1-2H3. The maximum atomic E-state index is 5.72. The Kier molecular flexibility index (Phi) is 3.17. The molecule has 0 N–H and O–H groups in total. The summed E-state index contributed by atoms with van der Waals surface area (Å²) >= 11 is 6.99. The van der Waals surface area contributed by atoms with Crippen molar-refractivity contribution in [1.29, 1.82) is 0 Å². The molecule has 0 aliphatic rings. The summed E-state index contributed by atoms with van der Waals surface area (Å²) in [6.45, 7) is 1.91. The van der Waals surface area contributed by atoms with Gasteiger partial charge in [0.25, 0.3) is 0 Å². The van der Waals surface area contributed by atoms with Crippen molar-refractivity contribution in [3.05, 3.63) is 23.0 Å². The van der Waals surface area contributed by atoms with Gasteiger partial charge in [0.15, 0.2) is 0 Å². The average Bonchev–Trinajstić information content (AvgIpc) is 1.98. The third kappa shape index (κ3) is 2.36. The van der Waals surface area contributed by atoms with Crippen molar-refractivity contribution in [2.45, 2.75) is 11.8 Å². The molecule has 0 amide bonds. The number of pyridine rings is 1. The van der Waals surface area contributed by atoms with Gasteiger partial charge in [0.2, 0.25) is 0 Å². The number of aromatic nitrogens is 1. The molecule has 0 fully saturated rings. The molecule has 0 unspecified atom stereocenters. The van der Waals surface area contributed by atoms with Crippen LogP contribution in [0.4, 0.5) is 0 Å². The fraction of sp³-hybridized carbons (Fsp3) is 0.286. The fourth-order valence-corrected chi connectivity index (χ4v) is 1.41. The third-order valence-electron chi connectivity index (χ3n) is 1.18. The maximum Gasteiger partial charge on any atom is 0.0601 e. The Bertz CT molecular complexity index is 254. The minimum atomic E-state index is 0.634. The molecule has 0 atom stereocenters. The normalized spacial score (nSPS) is 10.1. The highest BCUT2D eigenvalue weighted by Crippen LogP contribution is 2.23. The Morgan fingerprint density at radius 1 is 1.64 bits per heavy atom. The molecule has 4 heteroatoms. The van der Waals surface area contributed by atoms with Crippen molar-refractivity contribution in [2.75, 3.05) is 7.11 Å². The molecule has 1 aromatic heterocycles. The number of nitrogens with zero attached hydrogens (tertiary/aromatic N) is 1. The van der Waals surface area contributed by atoms with Crippen molar-refractivity contribution in [3.63, 3.8) is 0 Å². The van der Waals surface area contributed by atoms with Gasteiger partial charge in [-0.15, -0.1) is 0 Å². The SMILES string of the molecule is COSc1cc(Cl)cnc1C. The van der Waals surface area contributed by atoms with Crippen LogP contribution in [0.3, 0.4) is 0 Å². The van der Waals surface area contributed by atoms with E-state index in [-0.39, 0.29) is 0 Å². The van der Waals surface area contributed by atoms with Gasteiger partial charge in [-0.1, -0.05) is 11.6 Å². The highest BCUT2D eigenvalue weighted by molar-refractivity contribution is 7.94. The lowest BCUT2D eigenvalue weighted by Gasteiger charge is -2.01. The molecule has 0 aromatic carbocycles. The van der Waals surface area contributed by atoms with E-state index >= 15 is 0 Å². The van der Waals surface area contributed by atoms with Crippen LogP contribution in [0.1, 0.15) is 5.69 Å². The lowest BCUT2D eigenvalue weighted by Crippen LogP contribution is -1.84. The van der Waals surface area contributed by atoms with Crippen LogP contribution in [-0.2, 0) is 4.18 Å². The zero-order valence-electron chi connectivity index (χ0n) is 6.30. The molecular weight excluding hydrogens is 182 g/mol. The van der Waals surface area contributed by atoms with Crippen LogP contribution < -0.4 is 0 Å². The number of hydrogen-bond donors (Lipinski definition) is 0. The van der Waals surface area contributed by atoms with Crippen molar-refractivity contribution in [1.82, 2.24) is 4.98 Å². The van der Waals surface area contributed by atoms with Gasteiger partial charge in [0.1, 0.15) is 0 Å². The number of aryl methyl sites for hydroxylation is 1. The van der Waals surface area contributed by atoms with E-state index in [0.717, 1.165) is 10.6 Å². The Morgan fingerprint density at radius 3 is 3.00 bits per heavy atom. The molecule has 0 aliphatic carbocycles. The smallest absolute Gasteiger partial charge is 0.0601 e. The molecule has 2 nitrogen and oxygen atoms in total. The predicted octanol–water partition coefficient (Wildman–Crippen LogP) is 2.70. The lowest BCUT2D eigenvalue weighted by atomic mass is 10.4. The quantitative estimate of drug-likeness (QED) is 0.668. The van der Waals surface area contributed by atoms with Gasteiger partial charge in [-0.3, -0.25) is 4.98 Å². The lowest BCUT2D eigenvalue weighted by molar-refractivity contribution is 0.489. The van der Waals surface area contributed by atoms with Gasteiger partial charge in [0.05, 0.1) is 22.7 Å². The Balaban J connectivity index is 2.93. The third-order valence-corrected chi connectivity index (χ3v) is 2.15. The van der Waals surface area contributed by atoms with E-state index in [1.165, 1.54) is 12.0 Å². The van der Waals surface area contributed by atoms with Crippen LogP contribution in [0.25, 0.3) is 0 Å². The Labute approximate surface area is 75.1 Å². The summed E-state index contributed by atoms with van der Waals surface area (Å²) in [5.74, 6) is 0. The van der Waals surface area contributed by atoms with Crippen molar-refractivity contribution >= 4 is 23.6 Å². The summed E-state index contributed by atoms with van der Waals surface area (Å²) in [6, 6.07) is 1.83. The summed E-state index contributed by atoms with van der Waals surface area (Å²) in [5, 5.41) is 0.634. The van der Waals surface area contributed by atoms with E-state index in [4.69, 9.17) is 15.8 Å². The van der Waals surface area contributed by atoms with Crippen LogP contribution in [0.15, 0.2) is 17.2 Å². The molecular formula is C7H8ClNOS. The van der Waals surface area contributed by atoms with Crippen LogP contribution in [0, 0.1) is 6.92 Å². The van der Waals surface area contributed by atoms with E-state index < -0.39 is 0 Å². The molecule has 0 spiro atoms. The van der Waals surface area contributed by atoms with Gasteiger partial charge < -0.3 is 4.18 Å². The largest absolute Gasteiger partial charge is 0.314 e. The number of rotatable bonds is 2. The molecule has 1 heterocycles. The van der Waals surface area contributed by atoms with Gasteiger partial charge in [-0.2, -0.15) is 0 Å². The molecule has 11 heavy (non-hydrogen) atoms. The highest BCUT2D eigenvalue weighted by atomic mass is 35.5. The number of halogens is 1. The summed E-state index contributed by atoms with van der Waals surface area (Å²) in [6.07, 6.45) is 1.62. The molecule has 0 saturated heterocycles. The molecule has 0 bridgehead atoms. The second-order valence-corrected chi connectivity index (χ2v) is 3.36. The first-order valence-electron chi connectivity index (χ1n) is 3.07. The van der Waals surface area contributed by atoms with Crippen molar-refractivity contribution in [2.24, 2.45) is 0 Å². The second-order valence-electron chi connectivity index (χ2n) is 1.99. The summed E-state index contributed by atoms with van der Waals surface area (Å²) in [7, 11) is 1.62. The Morgan fingerprint density at radius 2 is 2.36 bits per heavy atom. The molecule has 0 radical (unpaired) electrons.